The normalized spacial score (nSPS) is 29.0. The van der Waals surface area contributed by atoms with E-state index < -0.39 is 6.36 Å². The molecule has 0 saturated carbocycles. The first-order chi connectivity index (χ1) is 9.99. The molecule has 0 amide bonds. The zero-order valence-corrected chi connectivity index (χ0v) is 11.5. The minimum Gasteiger partial charge on any atom is -0.486 e. The van der Waals surface area contributed by atoms with Gasteiger partial charge in [0, 0.05) is 12.1 Å². The van der Waals surface area contributed by atoms with Gasteiger partial charge in [-0.2, -0.15) is 0 Å². The fourth-order valence-corrected chi connectivity index (χ4v) is 3.25. The van der Waals surface area contributed by atoms with Crippen LogP contribution in [0, 0.1) is 0 Å². The molecule has 1 aromatic carbocycles. The maximum atomic E-state index is 12.4. The molecule has 2 fully saturated rings. The summed E-state index contributed by atoms with van der Waals surface area (Å²) < 4.78 is 47.0. The molecule has 1 aromatic rings. The van der Waals surface area contributed by atoms with Gasteiger partial charge in [-0.15, -0.1) is 13.2 Å². The van der Waals surface area contributed by atoms with Gasteiger partial charge in [0.05, 0.1) is 0 Å². The maximum Gasteiger partial charge on any atom is 0.573 e. The molecule has 2 bridgehead atoms. The number of piperidine rings is 2. The molecule has 0 radical (unpaired) electrons. The predicted molar refractivity (Wildman–Crippen MR) is 71.3 cm³/mol. The zero-order valence-electron chi connectivity index (χ0n) is 11.5. The molecule has 0 aliphatic carbocycles. The third-order valence-corrected chi connectivity index (χ3v) is 4.04. The molecule has 2 aliphatic heterocycles. The Hall–Kier alpha value is -1.43. The smallest absolute Gasteiger partial charge is 0.486 e. The topological polar surface area (TPSA) is 30.5 Å². The fourth-order valence-electron chi connectivity index (χ4n) is 3.25. The Balaban J connectivity index is 1.70. The molecule has 2 aliphatic rings. The highest BCUT2D eigenvalue weighted by molar-refractivity contribution is 5.39. The molecule has 21 heavy (non-hydrogen) atoms. The minimum atomic E-state index is -4.70. The average Bonchev–Trinajstić information content (AvgIpc) is 2.39. The molecule has 2 heterocycles. The lowest BCUT2D eigenvalue weighted by atomic mass is 9.85. The first-order valence-electron chi connectivity index (χ1n) is 7.27. The van der Waals surface area contributed by atoms with Gasteiger partial charge < -0.3 is 14.8 Å². The van der Waals surface area contributed by atoms with Crippen molar-refractivity contribution in [2.75, 3.05) is 0 Å². The van der Waals surface area contributed by atoms with E-state index in [9.17, 15) is 13.2 Å². The van der Waals surface area contributed by atoms with Crippen LogP contribution < -0.4 is 14.8 Å². The van der Waals surface area contributed by atoms with Crippen molar-refractivity contribution in [3.8, 4) is 11.5 Å². The number of nitrogens with one attached hydrogen (secondary N) is 1. The molecule has 2 saturated heterocycles. The lowest BCUT2D eigenvalue weighted by Gasteiger charge is -2.40. The first kappa shape index (κ1) is 14.5. The maximum absolute atomic E-state index is 12.4. The molecule has 0 spiro atoms. The second kappa shape index (κ2) is 5.75. The Kier molecular flexibility index (Phi) is 3.97. The Morgan fingerprint density at radius 2 is 1.62 bits per heavy atom. The number of rotatable bonds is 3. The molecule has 1 unspecified atom stereocenters. The highest BCUT2D eigenvalue weighted by Crippen LogP contribution is 2.35. The van der Waals surface area contributed by atoms with E-state index in [0.29, 0.717) is 12.1 Å². The van der Waals surface area contributed by atoms with Crippen molar-refractivity contribution in [3.05, 3.63) is 24.3 Å². The van der Waals surface area contributed by atoms with Gasteiger partial charge in [-0.1, -0.05) is 18.6 Å². The second-order valence-electron chi connectivity index (χ2n) is 5.70. The van der Waals surface area contributed by atoms with Crippen molar-refractivity contribution in [3.63, 3.8) is 0 Å². The molecule has 116 valence electrons. The van der Waals surface area contributed by atoms with E-state index in [1.165, 1.54) is 24.6 Å². The molecule has 3 rings (SSSR count). The molecule has 3 nitrogen and oxygen atoms in total. The monoisotopic (exact) mass is 301 g/mol. The minimum absolute atomic E-state index is 0.0560. The Bertz CT molecular complexity index is 480. The van der Waals surface area contributed by atoms with E-state index in [1.54, 1.807) is 6.07 Å². The van der Waals surface area contributed by atoms with Gasteiger partial charge in [0.1, 0.15) is 6.10 Å². The number of hydrogen-bond acceptors (Lipinski definition) is 3. The average molecular weight is 301 g/mol. The van der Waals surface area contributed by atoms with Gasteiger partial charge in [0.25, 0.3) is 0 Å². The standard InChI is InChI=1S/C15H18F3NO2/c16-15(17,18)21-14-7-2-1-6-13(14)20-12-8-10-4-3-5-11(9-12)19-10/h1-2,6-7,10-12,19H,3-5,8-9H2/t10-,11+,12?. The lowest BCUT2D eigenvalue weighted by Crippen LogP contribution is -2.51. The van der Waals surface area contributed by atoms with Crippen LogP contribution in [-0.2, 0) is 0 Å². The van der Waals surface area contributed by atoms with Crippen molar-refractivity contribution in [1.82, 2.24) is 5.32 Å². The van der Waals surface area contributed by atoms with Crippen LogP contribution in [0.4, 0.5) is 13.2 Å². The van der Waals surface area contributed by atoms with E-state index in [-0.39, 0.29) is 17.6 Å². The summed E-state index contributed by atoms with van der Waals surface area (Å²) in [5.74, 6) is -0.103. The SMILES string of the molecule is FC(F)(F)Oc1ccccc1OC1C[C@H]2CCC[C@@H](C1)N2. The van der Waals surface area contributed by atoms with Crippen molar-refractivity contribution >= 4 is 0 Å². The van der Waals surface area contributed by atoms with Crippen LogP contribution in [0.1, 0.15) is 32.1 Å². The third kappa shape index (κ3) is 3.81. The molecule has 3 atom stereocenters. The van der Waals surface area contributed by atoms with Crippen LogP contribution in [-0.4, -0.2) is 24.6 Å². The Labute approximate surface area is 121 Å². The highest BCUT2D eigenvalue weighted by atomic mass is 19.4. The van der Waals surface area contributed by atoms with Gasteiger partial charge in [0.15, 0.2) is 11.5 Å². The predicted octanol–water partition coefficient (Wildman–Crippen LogP) is 3.64. The van der Waals surface area contributed by atoms with Crippen molar-refractivity contribution in [1.29, 1.82) is 0 Å². The molecule has 1 N–H and O–H groups in total. The molecular weight excluding hydrogens is 283 g/mol. The summed E-state index contributed by atoms with van der Waals surface area (Å²) in [6.07, 6.45) is 0.328. The van der Waals surface area contributed by atoms with Crippen molar-refractivity contribution in [2.24, 2.45) is 0 Å². The van der Waals surface area contributed by atoms with Crippen molar-refractivity contribution in [2.45, 2.75) is 56.7 Å². The number of hydrogen-bond donors (Lipinski definition) is 1. The zero-order chi connectivity index (χ0) is 14.9. The van der Waals surface area contributed by atoms with Crippen LogP contribution >= 0.6 is 0 Å². The van der Waals surface area contributed by atoms with Gasteiger partial charge >= 0.3 is 6.36 Å². The summed E-state index contributed by atoms with van der Waals surface area (Å²) in [4.78, 5) is 0. The number of ether oxygens (including phenoxy) is 2. The van der Waals surface area contributed by atoms with Gasteiger partial charge in [0.2, 0.25) is 0 Å². The first-order valence-corrected chi connectivity index (χ1v) is 7.27. The summed E-state index contributed by atoms with van der Waals surface area (Å²) in [7, 11) is 0. The summed E-state index contributed by atoms with van der Waals surface area (Å²) >= 11 is 0. The second-order valence-corrected chi connectivity index (χ2v) is 5.70. The van der Waals surface area contributed by atoms with E-state index in [2.05, 4.69) is 10.1 Å². The summed E-state index contributed by atoms with van der Waals surface area (Å²) in [6.45, 7) is 0. The molecular formula is C15H18F3NO2. The van der Waals surface area contributed by atoms with Crippen LogP contribution in [0.15, 0.2) is 24.3 Å². The lowest BCUT2D eigenvalue weighted by molar-refractivity contribution is -0.275. The summed E-state index contributed by atoms with van der Waals surface area (Å²) in [6, 6.07) is 6.80. The van der Waals surface area contributed by atoms with Crippen LogP contribution in [0.2, 0.25) is 0 Å². The van der Waals surface area contributed by atoms with Gasteiger partial charge in [-0.25, -0.2) is 0 Å². The number of halogens is 3. The Morgan fingerprint density at radius 3 is 2.24 bits per heavy atom. The van der Waals surface area contributed by atoms with E-state index in [0.717, 1.165) is 25.7 Å². The molecule has 6 heteroatoms. The fraction of sp³-hybridized carbons (Fsp3) is 0.600. The van der Waals surface area contributed by atoms with Crippen LogP contribution in [0.25, 0.3) is 0 Å². The largest absolute Gasteiger partial charge is 0.573 e. The van der Waals surface area contributed by atoms with Crippen molar-refractivity contribution < 1.29 is 22.6 Å². The number of benzene rings is 1. The number of alkyl halides is 3. The number of para-hydroxylation sites is 2. The van der Waals surface area contributed by atoms with E-state index in [4.69, 9.17) is 4.74 Å². The van der Waals surface area contributed by atoms with Gasteiger partial charge in [-0.3, -0.25) is 0 Å². The summed E-state index contributed by atoms with van der Waals surface area (Å²) in [5, 5.41) is 3.53. The summed E-state index contributed by atoms with van der Waals surface area (Å²) in [5.41, 5.74) is 0. The van der Waals surface area contributed by atoms with E-state index >= 15 is 0 Å². The highest BCUT2D eigenvalue weighted by Gasteiger charge is 2.35. The van der Waals surface area contributed by atoms with Crippen LogP contribution in [0.3, 0.4) is 0 Å². The van der Waals surface area contributed by atoms with Crippen LogP contribution in [0.5, 0.6) is 11.5 Å². The number of fused-ring (bicyclic) bond motifs is 2. The van der Waals surface area contributed by atoms with Gasteiger partial charge in [-0.05, 0) is 37.8 Å². The third-order valence-electron chi connectivity index (χ3n) is 4.04. The van der Waals surface area contributed by atoms with E-state index in [1.807, 2.05) is 0 Å². The quantitative estimate of drug-likeness (QED) is 0.924. The molecule has 0 aromatic heterocycles. The Morgan fingerprint density at radius 1 is 1.00 bits per heavy atom.